The van der Waals surface area contributed by atoms with E-state index in [9.17, 15) is 5.11 Å². The van der Waals surface area contributed by atoms with Crippen LogP contribution < -0.4 is 0 Å². The second-order valence-corrected chi connectivity index (χ2v) is 6.74. The van der Waals surface area contributed by atoms with E-state index < -0.39 is 0 Å². The summed E-state index contributed by atoms with van der Waals surface area (Å²) in [5, 5.41) is 10.2. The molecule has 0 saturated heterocycles. The molecule has 1 aromatic heterocycles. The molecule has 1 fully saturated rings. The fraction of sp³-hybridized carbons (Fsp3) is 0.765. The highest BCUT2D eigenvalue weighted by atomic mass is 16.3. The van der Waals surface area contributed by atoms with Gasteiger partial charge >= 0.3 is 0 Å². The molecule has 1 atom stereocenters. The van der Waals surface area contributed by atoms with Gasteiger partial charge in [-0.2, -0.15) is 0 Å². The van der Waals surface area contributed by atoms with Gasteiger partial charge in [-0.1, -0.05) is 19.8 Å². The first kappa shape index (κ1) is 13.2. The van der Waals surface area contributed by atoms with Gasteiger partial charge in [0.25, 0.3) is 0 Å². The van der Waals surface area contributed by atoms with Crippen molar-refractivity contribution in [3.63, 3.8) is 0 Å². The maximum Gasteiger partial charge on any atom is 0.0807 e. The van der Waals surface area contributed by atoms with E-state index in [0.717, 1.165) is 19.3 Å². The van der Waals surface area contributed by atoms with Gasteiger partial charge in [-0.25, -0.2) is 0 Å². The van der Waals surface area contributed by atoms with E-state index in [-0.39, 0.29) is 6.10 Å². The van der Waals surface area contributed by atoms with Crippen LogP contribution >= 0.6 is 0 Å². The van der Waals surface area contributed by atoms with Gasteiger partial charge in [0.05, 0.1) is 6.10 Å². The van der Waals surface area contributed by atoms with Crippen molar-refractivity contribution in [2.45, 2.75) is 77.9 Å². The number of hydrogen-bond acceptors (Lipinski definition) is 1. The third-order valence-electron chi connectivity index (χ3n) is 5.61. The number of hydrogen-bond donors (Lipinski definition) is 1. The molecule has 0 radical (unpaired) electrons. The molecule has 106 valence electrons. The first-order valence-corrected chi connectivity index (χ1v) is 8.02. The molecular weight excluding hydrogens is 234 g/mol. The van der Waals surface area contributed by atoms with Crippen LogP contribution in [-0.2, 0) is 13.0 Å². The number of aryl methyl sites for hydroxylation is 1. The summed E-state index contributed by atoms with van der Waals surface area (Å²) >= 11 is 0. The number of rotatable bonds is 3. The fourth-order valence-electron chi connectivity index (χ4n) is 4.25. The molecule has 19 heavy (non-hydrogen) atoms. The Kier molecular flexibility index (Phi) is 3.46. The molecule has 1 N–H and O–H groups in total. The summed E-state index contributed by atoms with van der Waals surface area (Å²) in [5.41, 5.74) is 4.52. The van der Waals surface area contributed by atoms with Crippen molar-refractivity contribution < 1.29 is 5.11 Å². The number of fused-ring (bicyclic) bond motifs is 1. The van der Waals surface area contributed by atoms with E-state index in [1.807, 2.05) is 0 Å². The Morgan fingerprint density at radius 3 is 2.74 bits per heavy atom. The Hall–Kier alpha value is -0.760. The van der Waals surface area contributed by atoms with Crippen molar-refractivity contribution >= 4 is 0 Å². The van der Waals surface area contributed by atoms with Gasteiger partial charge in [-0.3, -0.25) is 0 Å². The summed E-state index contributed by atoms with van der Waals surface area (Å²) in [7, 11) is 0. The van der Waals surface area contributed by atoms with Crippen molar-refractivity contribution in [1.29, 1.82) is 0 Å². The number of nitrogens with zero attached hydrogens (tertiary/aromatic N) is 1. The van der Waals surface area contributed by atoms with Crippen molar-refractivity contribution in [3.8, 4) is 0 Å². The van der Waals surface area contributed by atoms with E-state index in [1.165, 1.54) is 55.6 Å². The van der Waals surface area contributed by atoms with Crippen LogP contribution in [0.4, 0.5) is 0 Å². The monoisotopic (exact) mass is 261 g/mol. The van der Waals surface area contributed by atoms with Gasteiger partial charge in [-0.15, -0.1) is 0 Å². The molecule has 0 aliphatic heterocycles. The summed E-state index contributed by atoms with van der Waals surface area (Å²) in [6, 6.07) is 2.23. The standard InChI is InChI=1S/C17H27NO/c1-3-17(9-4-5-10-17)12-18-13(2)11-14-15(18)7-6-8-16(14)19/h11,16,19H,3-10,12H2,1-2H3. The van der Waals surface area contributed by atoms with Gasteiger partial charge in [0.1, 0.15) is 0 Å². The predicted molar refractivity (Wildman–Crippen MR) is 78.3 cm³/mol. The second kappa shape index (κ2) is 4.97. The molecule has 1 aromatic rings. The molecule has 0 aromatic carbocycles. The normalized spacial score (nSPS) is 25.5. The molecule has 0 bridgehead atoms. The molecule has 1 saturated carbocycles. The predicted octanol–water partition coefficient (Wildman–Crippen LogP) is 4.14. The summed E-state index contributed by atoms with van der Waals surface area (Å²) in [6.07, 6.45) is 9.88. The van der Waals surface area contributed by atoms with E-state index in [1.54, 1.807) is 0 Å². The summed E-state index contributed by atoms with van der Waals surface area (Å²) in [5.74, 6) is 0. The van der Waals surface area contributed by atoms with Crippen molar-refractivity contribution in [2.24, 2.45) is 5.41 Å². The van der Waals surface area contributed by atoms with E-state index >= 15 is 0 Å². The highest BCUT2D eigenvalue weighted by Crippen LogP contribution is 2.44. The lowest BCUT2D eigenvalue weighted by Crippen LogP contribution is -2.25. The van der Waals surface area contributed by atoms with Gasteiger partial charge in [-0.05, 0) is 56.9 Å². The molecule has 0 spiro atoms. The molecule has 2 nitrogen and oxygen atoms in total. The van der Waals surface area contributed by atoms with Gasteiger partial charge in [0.2, 0.25) is 0 Å². The van der Waals surface area contributed by atoms with E-state index in [4.69, 9.17) is 0 Å². The summed E-state index contributed by atoms with van der Waals surface area (Å²) in [6.45, 7) is 5.74. The van der Waals surface area contributed by atoms with Crippen LogP contribution in [0.3, 0.4) is 0 Å². The average molecular weight is 261 g/mol. The van der Waals surface area contributed by atoms with E-state index in [0.29, 0.717) is 5.41 Å². The number of aromatic nitrogens is 1. The van der Waals surface area contributed by atoms with Crippen LogP contribution in [0.1, 0.15) is 74.9 Å². The summed E-state index contributed by atoms with van der Waals surface area (Å²) in [4.78, 5) is 0. The number of aliphatic hydroxyl groups is 1. The highest BCUT2D eigenvalue weighted by molar-refractivity contribution is 5.32. The van der Waals surface area contributed by atoms with Crippen LogP contribution in [-0.4, -0.2) is 9.67 Å². The maximum atomic E-state index is 10.2. The molecule has 2 aliphatic rings. The van der Waals surface area contributed by atoms with Crippen molar-refractivity contribution in [3.05, 3.63) is 23.0 Å². The summed E-state index contributed by atoms with van der Waals surface area (Å²) < 4.78 is 2.53. The maximum absolute atomic E-state index is 10.2. The van der Waals surface area contributed by atoms with E-state index in [2.05, 4.69) is 24.5 Å². The molecular formula is C17H27NO. The third-order valence-corrected chi connectivity index (χ3v) is 5.61. The van der Waals surface area contributed by atoms with Crippen molar-refractivity contribution in [1.82, 2.24) is 4.57 Å². The van der Waals surface area contributed by atoms with Crippen LogP contribution in [0.2, 0.25) is 0 Å². The van der Waals surface area contributed by atoms with Gasteiger partial charge < -0.3 is 9.67 Å². The Morgan fingerprint density at radius 1 is 1.32 bits per heavy atom. The van der Waals surface area contributed by atoms with Gasteiger partial charge in [0.15, 0.2) is 0 Å². The molecule has 1 unspecified atom stereocenters. The average Bonchev–Trinajstić information content (AvgIpc) is 2.99. The van der Waals surface area contributed by atoms with Crippen LogP contribution in [0.15, 0.2) is 6.07 Å². The smallest absolute Gasteiger partial charge is 0.0807 e. The lowest BCUT2D eigenvalue weighted by molar-refractivity contribution is 0.154. The topological polar surface area (TPSA) is 25.2 Å². The lowest BCUT2D eigenvalue weighted by Gasteiger charge is -2.31. The zero-order valence-electron chi connectivity index (χ0n) is 12.4. The molecule has 2 heteroatoms. The first-order valence-electron chi connectivity index (χ1n) is 8.02. The fourth-order valence-corrected chi connectivity index (χ4v) is 4.25. The van der Waals surface area contributed by atoms with Crippen molar-refractivity contribution in [2.75, 3.05) is 0 Å². The van der Waals surface area contributed by atoms with Gasteiger partial charge in [0, 0.05) is 23.5 Å². The Bertz CT molecular complexity index is 454. The first-order chi connectivity index (χ1) is 9.15. The molecule has 0 amide bonds. The SMILES string of the molecule is CCC1(Cn2c(C)cc3c2CCCC3O)CCCC1. The minimum absolute atomic E-state index is 0.218. The Morgan fingerprint density at radius 2 is 2.05 bits per heavy atom. The minimum atomic E-state index is -0.218. The Balaban J connectivity index is 1.92. The molecule has 2 aliphatic carbocycles. The van der Waals surface area contributed by atoms with Crippen LogP contribution in [0.5, 0.6) is 0 Å². The lowest BCUT2D eigenvalue weighted by atomic mass is 9.83. The number of aliphatic hydroxyl groups excluding tert-OH is 1. The zero-order valence-corrected chi connectivity index (χ0v) is 12.4. The molecule has 1 heterocycles. The largest absolute Gasteiger partial charge is 0.388 e. The van der Waals surface area contributed by atoms with Crippen LogP contribution in [0.25, 0.3) is 0 Å². The van der Waals surface area contributed by atoms with Crippen LogP contribution in [0, 0.1) is 12.3 Å². The third kappa shape index (κ3) is 2.24. The second-order valence-electron chi connectivity index (χ2n) is 6.74. The minimum Gasteiger partial charge on any atom is -0.388 e. The highest BCUT2D eigenvalue weighted by Gasteiger charge is 2.34. The quantitative estimate of drug-likeness (QED) is 0.869. The Labute approximate surface area is 116 Å². The molecule has 3 rings (SSSR count). The zero-order chi connectivity index (χ0) is 13.5.